The van der Waals surface area contributed by atoms with Crippen molar-refractivity contribution in [2.45, 2.75) is 12.8 Å². The highest BCUT2D eigenvalue weighted by Crippen LogP contribution is 2.52. The van der Waals surface area contributed by atoms with Crippen LogP contribution in [0.2, 0.25) is 0 Å². The zero-order valence-corrected chi connectivity index (χ0v) is 16.2. The Bertz CT molecular complexity index is 863. The highest BCUT2D eigenvalue weighted by Gasteiger charge is 2.59. The average Bonchev–Trinajstić information content (AvgIpc) is 3.41. The molecule has 2 aliphatic carbocycles. The molecule has 1 aromatic carbocycles. The maximum atomic E-state index is 14.0. The molecule has 152 valence electrons. The molecule has 0 unspecified atom stereocenters. The summed E-state index contributed by atoms with van der Waals surface area (Å²) in [5.41, 5.74) is 0.558. The number of fused-ring (bicyclic) bond motifs is 5. The molecular weight excluding hydrogens is 373 g/mol. The van der Waals surface area contributed by atoms with Gasteiger partial charge in [-0.05, 0) is 30.4 Å². The SMILES string of the molecule is O=C(CCN1C(=O)[C@@H]2[C@@H](C1=O)[C@H]1C=C[C@H]2C1)N1CCN(c2ccccc2F)CC1. The summed E-state index contributed by atoms with van der Waals surface area (Å²) >= 11 is 0. The lowest BCUT2D eigenvalue weighted by Crippen LogP contribution is -2.49. The maximum absolute atomic E-state index is 14.0. The second-order valence-corrected chi connectivity index (χ2v) is 8.40. The molecule has 3 fully saturated rings. The number of halogens is 1. The molecule has 2 bridgehead atoms. The van der Waals surface area contributed by atoms with E-state index >= 15 is 0 Å². The van der Waals surface area contributed by atoms with Crippen molar-refractivity contribution in [3.63, 3.8) is 0 Å². The first-order valence-electron chi connectivity index (χ1n) is 10.4. The van der Waals surface area contributed by atoms with Gasteiger partial charge in [0.25, 0.3) is 0 Å². The van der Waals surface area contributed by atoms with Gasteiger partial charge in [0.2, 0.25) is 17.7 Å². The lowest BCUT2D eigenvalue weighted by molar-refractivity contribution is -0.141. The van der Waals surface area contributed by atoms with Gasteiger partial charge in [-0.2, -0.15) is 0 Å². The molecule has 0 N–H and O–H groups in total. The summed E-state index contributed by atoms with van der Waals surface area (Å²) in [6.45, 7) is 2.31. The summed E-state index contributed by atoms with van der Waals surface area (Å²) in [6, 6.07) is 6.65. The summed E-state index contributed by atoms with van der Waals surface area (Å²) in [6.07, 6.45) is 5.20. The predicted molar refractivity (Wildman–Crippen MR) is 104 cm³/mol. The zero-order chi connectivity index (χ0) is 20.1. The topological polar surface area (TPSA) is 60.9 Å². The number of likely N-dealkylation sites (tertiary alicyclic amines) is 1. The Labute approximate surface area is 168 Å². The zero-order valence-electron chi connectivity index (χ0n) is 16.2. The van der Waals surface area contributed by atoms with Gasteiger partial charge in [-0.15, -0.1) is 0 Å². The fourth-order valence-electron chi connectivity index (χ4n) is 5.45. The summed E-state index contributed by atoms with van der Waals surface area (Å²) in [5.74, 6) is -0.566. The Morgan fingerprint density at radius 2 is 1.59 bits per heavy atom. The van der Waals surface area contributed by atoms with Crippen molar-refractivity contribution in [1.82, 2.24) is 9.80 Å². The van der Waals surface area contributed by atoms with Crippen molar-refractivity contribution in [2.24, 2.45) is 23.7 Å². The average molecular weight is 397 g/mol. The molecule has 0 aromatic heterocycles. The van der Waals surface area contributed by atoms with Crippen LogP contribution in [0.25, 0.3) is 0 Å². The van der Waals surface area contributed by atoms with Gasteiger partial charge in [0, 0.05) is 39.1 Å². The monoisotopic (exact) mass is 397 g/mol. The third-order valence-electron chi connectivity index (χ3n) is 6.94. The molecule has 5 rings (SSSR count). The van der Waals surface area contributed by atoms with Crippen LogP contribution in [0.3, 0.4) is 0 Å². The van der Waals surface area contributed by atoms with Crippen LogP contribution in [0.15, 0.2) is 36.4 Å². The lowest BCUT2D eigenvalue weighted by atomic mass is 9.85. The number of amides is 3. The number of anilines is 1. The van der Waals surface area contributed by atoms with E-state index in [9.17, 15) is 18.8 Å². The number of hydrogen-bond acceptors (Lipinski definition) is 4. The van der Waals surface area contributed by atoms with Gasteiger partial charge in [0.15, 0.2) is 0 Å². The van der Waals surface area contributed by atoms with Gasteiger partial charge >= 0.3 is 0 Å². The van der Waals surface area contributed by atoms with E-state index in [1.54, 1.807) is 23.1 Å². The van der Waals surface area contributed by atoms with Gasteiger partial charge in [-0.3, -0.25) is 19.3 Å². The van der Waals surface area contributed by atoms with E-state index in [1.807, 2.05) is 4.90 Å². The highest BCUT2D eigenvalue weighted by molar-refractivity contribution is 6.06. The number of para-hydroxylation sites is 1. The molecule has 2 heterocycles. The first-order valence-corrected chi connectivity index (χ1v) is 10.4. The molecule has 1 aromatic rings. The van der Waals surface area contributed by atoms with Crippen LogP contribution in [0, 0.1) is 29.5 Å². The van der Waals surface area contributed by atoms with Gasteiger partial charge in [-0.1, -0.05) is 24.3 Å². The van der Waals surface area contributed by atoms with Crippen molar-refractivity contribution in [2.75, 3.05) is 37.6 Å². The summed E-state index contributed by atoms with van der Waals surface area (Å²) in [7, 11) is 0. The van der Waals surface area contributed by atoms with Gasteiger partial charge < -0.3 is 9.80 Å². The largest absolute Gasteiger partial charge is 0.366 e. The van der Waals surface area contributed by atoms with Crippen molar-refractivity contribution in [3.05, 3.63) is 42.2 Å². The summed E-state index contributed by atoms with van der Waals surface area (Å²) in [5, 5.41) is 0. The van der Waals surface area contributed by atoms with Crippen molar-refractivity contribution < 1.29 is 18.8 Å². The predicted octanol–water partition coefficient (Wildman–Crippen LogP) is 1.67. The van der Waals surface area contributed by atoms with Crippen LogP contribution in [0.5, 0.6) is 0 Å². The Morgan fingerprint density at radius 1 is 0.966 bits per heavy atom. The summed E-state index contributed by atoms with van der Waals surface area (Å²) < 4.78 is 14.0. The fraction of sp³-hybridized carbons (Fsp3) is 0.500. The number of nitrogens with zero attached hydrogens (tertiary/aromatic N) is 3. The van der Waals surface area contributed by atoms with E-state index < -0.39 is 0 Å². The normalized spacial score (nSPS) is 30.4. The lowest BCUT2D eigenvalue weighted by Gasteiger charge is -2.36. The molecule has 0 spiro atoms. The van der Waals surface area contributed by atoms with E-state index in [4.69, 9.17) is 0 Å². The molecule has 3 amide bonds. The maximum Gasteiger partial charge on any atom is 0.233 e. The molecule has 29 heavy (non-hydrogen) atoms. The van der Waals surface area contributed by atoms with Crippen LogP contribution in [-0.4, -0.2) is 60.2 Å². The van der Waals surface area contributed by atoms with Crippen LogP contribution in [0.4, 0.5) is 10.1 Å². The minimum atomic E-state index is -0.257. The first-order chi connectivity index (χ1) is 14.0. The molecule has 7 heteroatoms. The number of imide groups is 1. The number of allylic oxidation sites excluding steroid dienone is 2. The molecule has 2 saturated heterocycles. The van der Waals surface area contributed by atoms with E-state index in [1.165, 1.54) is 11.0 Å². The van der Waals surface area contributed by atoms with Crippen molar-refractivity contribution in [3.8, 4) is 0 Å². The first kappa shape index (κ1) is 18.3. The van der Waals surface area contributed by atoms with E-state index in [0.29, 0.717) is 31.9 Å². The Hall–Kier alpha value is -2.70. The second kappa shape index (κ2) is 6.97. The molecule has 2 aliphatic heterocycles. The van der Waals surface area contributed by atoms with Gasteiger partial charge in [0.1, 0.15) is 5.82 Å². The smallest absolute Gasteiger partial charge is 0.233 e. The molecule has 4 atom stereocenters. The number of rotatable bonds is 4. The van der Waals surface area contributed by atoms with Gasteiger partial charge in [-0.25, -0.2) is 4.39 Å². The number of carbonyl (C=O) groups is 3. The van der Waals surface area contributed by atoms with Crippen molar-refractivity contribution in [1.29, 1.82) is 0 Å². The molecule has 1 saturated carbocycles. The number of hydrogen-bond donors (Lipinski definition) is 0. The number of piperazine rings is 1. The minimum Gasteiger partial charge on any atom is -0.366 e. The molecule has 4 aliphatic rings. The Morgan fingerprint density at radius 3 is 2.21 bits per heavy atom. The summed E-state index contributed by atoms with van der Waals surface area (Å²) in [4.78, 5) is 43.1. The minimum absolute atomic E-state index is 0.0584. The Balaban J connectivity index is 1.15. The van der Waals surface area contributed by atoms with Crippen LogP contribution >= 0.6 is 0 Å². The quantitative estimate of drug-likeness (QED) is 0.573. The third kappa shape index (κ3) is 2.94. The van der Waals surface area contributed by atoms with E-state index in [2.05, 4.69) is 12.2 Å². The third-order valence-corrected chi connectivity index (χ3v) is 6.94. The van der Waals surface area contributed by atoms with E-state index in [0.717, 1.165) is 6.42 Å². The molecule has 0 radical (unpaired) electrons. The Kier molecular flexibility index (Phi) is 4.41. The van der Waals surface area contributed by atoms with Crippen LogP contribution in [-0.2, 0) is 14.4 Å². The van der Waals surface area contributed by atoms with Crippen LogP contribution in [0.1, 0.15) is 12.8 Å². The fourth-order valence-corrected chi connectivity index (χ4v) is 5.45. The van der Waals surface area contributed by atoms with Crippen molar-refractivity contribution >= 4 is 23.4 Å². The highest BCUT2D eigenvalue weighted by atomic mass is 19.1. The molecule has 6 nitrogen and oxygen atoms in total. The van der Waals surface area contributed by atoms with Crippen LogP contribution < -0.4 is 4.90 Å². The van der Waals surface area contributed by atoms with E-state index in [-0.39, 0.29) is 60.2 Å². The second-order valence-electron chi connectivity index (χ2n) is 8.40. The van der Waals surface area contributed by atoms with Gasteiger partial charge in [0.05, 0.1) is 17.5 Å². The standard InChI is InChI=1S/C22H24FN3O3/c23-16-3-1-2-4-17(16)24-9-11-25(12-10-24)18(27)7-8-26-21(28)19-14-5-6-15(13-14)20(19)22(26)29/h1-6,14-15,19-20H,7-13H2/t14-,15-,19-,20-/m0/s1. The number of benzene rings is 1. The molecular formula is C22H24FN3O3. The number of carbonyl (C=O) groups excluding carboxylic acids is 3.